The molecule has 0 bridgehead atoms. The van der Waals surface area contributed by atoms with Crippen LogP contribution in [0.2, 0.25) is 0 Å². The topological polar surface area (TPSA) is 90.0 Å². The average Bonchev–Trinajstić information content (AvgIpc) is 2.45. The molecule has 2 aromatic rings. The number of rotatable bonds is 3. The van der Waals surface area contributed by atoms with Crippen LogP contribution in [0.1, 0.15) is 11.3 Å². The highest BCUT2D eigenvalue weighted by Crippen LogP contribution is 2.20. The molecule has 1 heterocycles. The number of nitrogens with zero attached hydrogens (tertiary/aromatic N) is 2. The zero-order chi connectivity index (χ0) is 15.6. The molecule has 1 aromatic carbocycles. The highest BCUT2D eigenvalue weighted by atomic mass is 127. The second-order valence-electron chi connectivity index (χ2n) is 4.64. The first kappa shape index (κ1) is 15.5. The van der Waals surface area contributed by atoms with Gasteiger partial charge in [-0.25, -0.2) is 4.98 Å². The van der Waals surface area contributed by atoms with Crippen LogP contribution in [0.5, 0.6) is 0 Å². The lowest BCUT2D eigenvalue weighted by Crippen LogP contribution is -2.30. The molecule has 110 valence electrons. The third kappa shape index (κ3) is 3.41. The van der Waals surface area contributed by atoms with Crippen LogP contribution in [0, 0.1) is 17.4 Å². The Hall–Kier alpha value is -1.90. The first-order valence-electron chi connectivity index (χ1n) is 6.26. The molecule has 1 amide bonds. The van der Waals surface area contributed by atoms with Gasteiger partial charge in [-0.1, -0.05) is 6.07 Å². The molecular formula is C14H15IN4O2. The summed E-state index contributed by atoms with van der Waals surface area (Å²) in [4.78, 5) is 28.2. The van der Waals surface area contributed by atoms with Gasteiger partial charge in [-0.3, -0.25) is 14.2 Å². The van der Waals surface area contributed by atoms with Crippen LogP contribution in [-0.4, -0.2) is 15.5 Å². The Morgan fingerprint density at radius 3 is 2.86 bits per heavy atom. The average molecular weight is 398 g/mol. The number of nitrogens with two attached hydrogens (primary N) is 1. The minimum atomic E-state index is -0.299. The van der Waals surface area contributed by atoms with Gasteiger partial charge < -0.3 is 11.1 Å². The summed E-state index contributed by atoms with van der Waals surface area (Å²) in [6, 6.07) is 5.30. The molecule has 0 aliphatic carbocycles. The van der Waals surface area contributed by atoms with Crippen molar-refractivity contribution in [3.63, 3.8) is 0 Å². The van der Waals surface area contributed by atoms with E-state index in [1.807, 2.05) is 29.5 Å². The normalized spacial score (nSPS) is 10.4. The Kier molecular flexibility index (Phi) is 4.61. The molecule has 0 atom stereocenters. The van der Waals surface area contributed by atoms with E-state index < -0.39 is 0 Å². The maximum Gasteiger partial charge on any atom is 0.267 e. The van der Waals surface area contributed by atoms with Gasteiger partial charge in [0.2, 0.25) is 5.91 Å². The van der Waals surface area contributed by atoms with Crippen LogP contribution >= 0.6 is 22.6 Å². The number of carbonyl (C=O) groups excluding carboxylic acids is 1. The maximum atomic E-state index is 12.1. The summed E-state index contributed by atoms with van der Waals surface area (Å²) in [5, 5.41) is 2.75. The van der Waals surface area contributed by atoms with Crippen LogP contribution in [-0.2, 0) is 11.3 Å². The van der Waals surface area contributed by atoms with Gasteiger partial charge in [0.1, 0.15) is 6.54 Å². The van der Waals surface area contributed by atoms with Crippen molar-refractivity contribution < 1.29 is 4.79 Å². The van der Waals surface area contributed by atoms with E-state index in [1.54, 1.807) is 25.1 Å². The molecule has 0 saturated carbocycles. The summed E-state index contributed by atoms with van der Waals surface area (Å²) in [5.74, 6) is -0.299. The van der Waals surface area contributed by atoms with Gasteiger partial charge in [-0.2, -0.15) is 0 Å². The van der Waals surface area contributed by atoms with Crippen molar-refractivity contribution in [3.8, 4) is 0 Å². The summed E-state index contributed by atoms with van der Waals surface area (Å²) in [5.41, 5.74) is 8.28. The largest absolute Gasteiger partial charge is 0.398 e. The van der Waals surface area contributed by atoms with Gasteiger partial charge in [-0.15, -0.1) is 0 Å². The van der Waals surface area contributed by atoms with Crippen molar-refractivity contribution in [2.24, 2.45) is 0 Å². The lowest BCUT2D eigenvalue weighted by molar-refractivity contribution is -0.116. The standard InChI is InChI=1S/C14H15IN4O2/c1-8-10(16)4-3-5-11(8)18-12(20)6-19-7-17-9(2)13(15)14(19)21/h3-5,7H,6,16H2,1-2H3,(H,18,20). The lowest BCUT2D eigenvalue weighted by Gasteiger charge is -2.11. The molecule has 2 rings (SSSR count). The molecule has 0 aliphatic heterocycles. The summed E-state index contributed by atoms with van der Waals surface area (Å²) < 4.78 is 1.80. The quantitative estimate of drug-likeness (QED) is 0.608. The fourth-order valence-electron chi connectivity index (χ4n) is 1.79. The van der Waals surface area contributed by atoms with Gasteiger partial charge in [0.25, 0.3) is 5.56 Å². The molecule has 0 fully saturated rings. The van der Waals surface area contributed by atoms with E-state index in [9.17, 15) is 9.59 Å². The van der Waals surface area contributed by atoms with Gasteiger partial charge in [0, 0.05) is 11.4 Å². The molecule has 7 heteroatoms. The molecule has 0 unspecified atom stereocenters. The van der Waals surface area contributed by atoms with Crippen molar-refractivity contribution in [2.75, 3.05) is 11.1 Å². The van der Waals surface area contributed by atoms with Gasteiger partial charge in [0.05, 0.1) is 15.6 Å². The first-order valence-corrected chi connectivity index (χ1v) is 7.34. The zero-order valence-corrected chi connectivity index (χ0v) is 13.8. The predicted molar refractivity (Wildman–Crippen MR) is 90.2 cm³/mol. The number of halogens is 1. The van der Waals surface area contributed by atoms with Crippen LogP contribution < -0.4 is 16.6 Å². The van der Waals surface area contributed by atoms with Gasteiger partial charge >= 0.3 is 0 Å². The molecule has 0 spiro atoms. The van der Waals surface area contributed by atoms with Crippen molar-refractivity contribution in [1.82, 2.24) is 9.55 Å². The number of hydrogen-bond donors (Lipinski definition) is 2. The Morgan fingerprint density at radius 1 is 1.43 bits per heavy atom. The number of amides is 1. The SMILES string of the molecule is Cc1ncn(CC(=O)Nc2cccc(N)c2C)c(=O)c1I. The third-order valence-corrected chi connectivity index (χ3v) is 4.36. The number of hydrogen-bond acceptors (Lipinski definition) is 4. The van der Waals surface area contributed by atoms with Crippen molar-refractivity contribution in [1.29, 1.82) is 0 Å². The van der Waals surface area contributed by atoms with Gasteiger partial charge in [0.15, 0.2) is 0 Å². The van der Waals surface area contributed by atoms with E-state index in [1.165, 1.54) is 10.9 Å². The van der Waals surface area contributed by atoms with E-state index in [4.69, 9.17) is 5.73 Å². The Morgan fingerprint density at radius 2 is 2.14 bits per heavy atom. The number of anilines is 2. The molecular weight excluding hydrogens is 383 g/mol. The molecule has 6 nitrogen and oxygen atoms in total. The summed E-state index contributed by atoms with van der Waals surface area (Å²) in [6.45, 7) is 3.49. The highest BCUT2D eigenvalue weighted by Gasteiger charge is 2.10. The van der Waals surface area contributed by atoms with Crippen molar-refractivity contribution in [2.45, 2.75) is 20.4 Å². The minimum Gasteiger partial charge on any atom is -0.398 e. The molecule has 3 N–H and O–H groups in total. The molecule has 21 heavy (non-hydrogen) atoms. The van der Waals surface area contributed by atoms with E-state index in [-0.39, 0.29) is 18.0 Å². The Balaban J connectivity index is 2.18. The molecule has 0 radical (unpaired) electrons. The highest BCUT2D eigenvalue weighted by molar-refractivity contribution is 14.1. The molecule has 1 aromatic heterocycles. The number of nitrogen functional groups attached to an aromatic ring is 1. The molecule has 0 saturated heterocycles. The number of aromatic nitrogens is 2. The van der Waals surface area contributed by atoms with Crippen molar-refractivity contribution in [3.05, 3.63) is 49.7 Å². The van der Waals surface area contributed by atoms with E-state index in [0.29, 0.717) is 20.6 Å². The van der Waals surface area contributed by atoms with E-state index in [0.717, 1.165) is 5.56 Å². The van der Waals surface area contributed by atoms with Crippen LogP contribution in [0.4, 0.5) is 11.4 Å². The molecule has 0 aliphatic rings. The second kappa shape index (κ2) is 6.25. The van der Waals surface area contributed by atoms with Crippen molar-refractivity contribution >= 4 is 39.9 Å². The smallest absolute Gasteiger partial charge is 0.267 e. The maximum absolute atomic E-state index is 12.1. The third-order valence-electron chi connectivity index (χ3n) is 3.12. The minimum absolute atomic E-state index is 0.0870. The van der Waals surface area contributed by atoms with Crippen LogP contribution in [0.3, 0.4) is 0 Å². The lowest BCUT2D eigenvalue weighted by atomic mass is 10.1. The Bertz CT molecular complexity index is 755. The summed E-state index contributed by atoms with van der Waals surface area (Å²) in [6.07, 6.45) is 1.38. The number of aryl methyl sites for hydroxylation is 1. The first-order chi connectivity index (χ1) is 9.90. The Labute approximate surface area is 135 Å². The number of benzene rings is 1. The van der Waals surface area contributed by atoms with E-state index in [2.05, 4.69) is 10.3 Å². The fraction of sp³-hybridized carbons (Fsp3) is 0.214. The number of nitrogens with one attached hydrogen (secondary N) is 1. The van der Waals surface area contributed by atoms with Gasteiger partial charge in [-0.05, 0) is 54.1 Å². The second-order valence-corrected chi connectivity index (χ2v) is 5.72. The predicted octanol–water partition coefficient (Wildman–Crippen LogP) is 1.69. The summed E-state index contributed by atoms with van der Waals surface area (Å²) in [7, 11) is 0. The number of carbonyl (C=O) groups is 1. The summed E-state index contributed by atoms with van der Waals surface area (Å²) >= 11 is 1.93. The van der Waals surface area contributed by atoms with E-state index >= 15 is 0 Å². The zero-order valence-electron chi connectivity index (χ0n) is 11.7. The van der Waals surface area contributed by atoms with Crippen LogP contribution in [0.25, 0.3) is 0 Å². The fourth-order valence-corrected chi connectivity index (χ4v) is 2.24. The monoisotopic (exact) mass is 398 g/mol. The van der Waals surface area contributed by atoms with Crippen LogP contribution in [0.15, 0.2) is 29.3 Å².